The molecule has 2 fully saturated rings. The van der Waals surface area contributed by atoms with Crippen molar-refractivity contribution in [3.05, 3.63) is 0 Å². The fraction of sp³-hybridized carbons (Fsp3) is 0.941. The Kier molecular flexibility index (Phi) is 8.15. The first-order valence-electron chi connectivity index (χ1n) is 8.64. The fourth-order valence-corrected chi connectivity index (χ4v) is 3.61. The summed E-state index contributed by atoms with van der Waals surface area (Å²) < 4.78 is 5.87. The Morgan fingerprint density at radius 3 is 2.59 bits per heavy atom. The average Bonchev–Trinajstić information content (AvgIpc) is 2.95. The largest absolute Gasteiger partial charge is 0.376 e. The highest BCUT2D eigenvalue weighted by Gasteiger charge is 2.36. The van der Waals surface area contributed by atoms with Gasteiger partial charge < -0.3 is 15.4 Å². The molecule has 0 radical (unpaired) electrons. The van der Waals surface area contributed by atoms with Crippen molar-refractivity contribution in [1.82, 2.24) is 4.90 Å². The van der Waals surface area contributed by atoms with Gasteiger partial charge in [-0.2, -0.15) is 0 Å². The van der Waals surface area contributed by atoms with Gasteiger partial charge in [0.2, 0.25) is 5.91 Å². The average molecular weight is 333 g/mol. The van der Waals surface area contributed by atoms with Gasteiger partial charge in [-0.1, -0.05) is 33.1 Å². The summed E-state index contributed by atoms with van der Waals surface area (Å²) in [6.45, 7) is 7.38. The normalized spacial score (nSPS) is 24.4. The minimum absolute atomic E-state index is 0. The molecule has 1 saturated heterocycles. The van der Waals surface area contributed by atoms with Crippen LogP contribution in [0.5, 0.6) is 0 Å². The van der Waals surface area contributed by atoms with Gasteiger partial charge in [0.25, 0.3) is 0 Å². The zero-order valence-electron chi connectivity index (χ0n) is 14.2. The Hall–Kier alpha value is -0.320. The van der Waals surface area contributed by atoms with E-state index in [1.54, 1.807) is 0 Å². The van der Waals surface area contributed by atoms with Gasteiger partial charge in [0.05, 0.1) is 6.10 Å². The van der Waals surface area contributed by atoms with Gasteiger partial charge in [-0.25, -0.2) is 0 Å². The first kappa shape index (κ1) is 19.7. The van der Waals surface area contributed by atoms with Gasteiger partial charge in [0.15, 0.2) is 0 Å². The zero-order valence-corrected chi connectivity index (χ0v) is 15.0. The van der Waals surface area contributed by atoms with Crippen LogP contribution in [-0.2, 0) is 9.53 Å². The molecule has 4 nitrogen and oxygen atoms in total. The maximum absolute atomic E-state index is 12.6. The number of ether oxygens (including phenoxy) is 1. The standard InChI is InChI=1S/C17H32N2O2.ClH/c1-14(2)12-21-15-6-9-19(11-15)16(20)10-17(13-18)7-4-3-5-8-17;/h14-15H,3-13,18H2,1-2H3;1H. The molecule has 0 spiro atoms. The van der Waals surface area contributed by atoms with E-state index >= 15 is 0 Å². The topological polar surface area (TPSA) is 55.6 Å². The summed E-state index contributed by atoms with van der Waals surface area (Å²) in [5, 5.41) is 0. The molecule has 22 heavy (non-hydrogen) atoms. The first-order chi connectivity index (χ1) is 10.0. The van der Waals surface area contributed by atoms with Gasteiger partial charge in [0.1, 0.15) is 0 Å². The van der Waals surface area contributed by atoms with Gasteiger partial charge in [-0.15, -0.1) is 12.4 Å². The van der Waals surface area contributed by atoms with Crippen LogP contribution in [-0.4, -0.2) is 43.2 Å². The van der Waals surface area contributed by atoms with E-state index in [2.05, 4.69) is 13.8 Å². The summed E-state index contributed by atoms with van der Waals surface area (Å²) in [5.41, 5.74) is 6.07. The van der Waals surface area contributed by atoms with Crippen LogP contribution >= 0.6 is 12.4 Å². The summed E-state index contributed by atoms with van der Waals surface area (Å²) in [6, 6.07) is 0. The minimum atomic E-state index is 0. The summed E-state index contributed by atoms with van der Waals surface area (Å²) >= 11 is 0. The van der Waals surface area contributed by atoms with Crippen LogP contribution in [0.3, 0.4) is 0 Å². The maximum Gasteiger partial charge on any atom is 0.223 e. The van der Waals surface area contributed by atoms with Crippen molar-refractivity contribution in [2.24, 2.45) is 17.1 Å². The molecule has 0 bridgehead atoms. The molecule has 1 heterocycles. The minimum Gasteiger partial charge on any atom is -0.376 e. The number of nitrogens with two attached hydrogens (primary N) is 1. The third kappa shape index (κ3) is 5.39. The molecule has 130 valence electrons. The van der Waals surface area contributed by atoms with Gasteiger partial charge in [-0.05, 0) is 37.1 Å². The first-order valence-corrected chi connectivity index (χ1v) is 8.64. The second-order valence-corrected chi connectivity index (χ2v) is 7.42. The summed E-state index contributed by atoms with van der Waals surface area (Å²) in [4.78, 5) is 14.6. The van der Waals surface area contributed by atoms with Crippen LogP contribution in [0.4, 0.5) is 0 Å². The van der Waals surface area contributed by atoms with Crippen LogP contribution in [0.1, 0.15) is 58.8 Å². The van der Waals surface area contributed by atoms with Crippen LogP contribution < -0.4 is 5.73 Å². The molecule has 1 atom stereocenters. The monoisotopic (exact) mass is 332 g/mol. The number of rotatable bonds is 6. The van der Waals surface area contributed by atoms with E-state index in [9.17, 15) is 4.79 Å². The van der Waals surface area contributed by atoms with Crippen molar-refractivity contribution in [3.63, 3.8) is 0 Å². The molecule has 0 aromatic carbocycles. The smallest absolute Gasteiger partial charge is 0.223 e. The molecule has 2 rings (SSSR count). The third-order valence-electron chi connectivity index (χ3n) is 5.04. The van der Waals surface area contributed by atoms with E-state index in [0.717, 1.165) is 39.0 Å². The van der Waals surface area contributed by atoms with Crippen LogP contribution in [0.2, 0.25) is 0 Å². The number of halogens is 1. The van der Waals surface area contributed by atoms with Crippen LogP contribution in [0.25, 0.3) is 0 Å². The molecule has 1 aliphatic heterocycles. The predicted molar refractivity (Wildman–Crippen MR) is 92.2 cm³/mol. The van der Waals surface area contributed by atoms with E-state index in [1.807, 2.05) is 4.90 Å². The lowest BCUT2D eigenvalue weighted by atomic mass is 9.71. The van der Waals surface area contributed by atoms with Gasteiger partial charge in [0, 0.05) is 26.1 Å². The van der Waals surface area contributed by atoms with Gasteiger partial charge >= 0.3 is 0 Å². The van der Waals surface area contributed by atoms with Crippen molar-refractivity contribution in [2.75, 3.05) is 26.2 Å². The Morgan fingerprint density at radius 2 is 2.00 bits per heavy atom. The van der Waals surface area contributed by atoms with E-state index in [4.69, 9.17) is 10.5 Å². The van der Waals surface area contributed by atoms with Crippen molar-refractivity contribution in [3.8, 4) is 0 Å². The second kappa shape index (κ2) is 9.09. The number of nitrogens with zero attached hydrogens (tertiary/aromatic N) is 1. The summed E-state index contributed by atoms with van der Waals surface area (Å²) in [7, 11) is 0. The number of carbonyl (C=O) groups is 1. The highest BCUT2D eigenvalue weighted by molar-refractivity contribution is 5.85. The third-order valence-corrected chi connectivity index (χ3v) is 5.04. The maximum atomic E-state index is 12.6. The van der Waals surface area contributed by atoms with Crippen molar-refractivity contribution in [1.29, 1.82) is 0 Å². The molecular weight excluding hydrogens is 300 g/mol. The lowest BCUT2D eigenvalue weighted by Crippen LogP contribution is -2.40. The number of likely N-dealkylation sites (tertiary alicyclic amines) is 1. The molecule has 2 N–H and O–H groups in total. The fourth-order valence-electron chi connectivity index (χ4n) is 3.61. The van der Waals surface area contributed by atoms with Crippen molar-refractivity contribution < 1.29 is 9.53 Å². The Labute approximate surface area is 141 Å². The number of carbonyl (C=O) groups excluding carboxylic acids is 1. The lowest BCUT2D eigenvalue weighted by Gasteiger charge is -2.36. The van der Waals surface area contributed by atoms with Gasteiger partial charge in [-0.3, -0.25) is 4.79 Å². The SMILES string of the molecule is CC(C)COC1CCN(C(=O)CC2(CN)CCCCC2)C1.Cl. The molecule has 5 heteroatoms. The van der Waals surface area contributed by atoms with E-state index in [0.29, 0.717) is 18.9 Å². The molecule has 1 amide bonds. The molecule has 1 aliphatic carbocycles. The molecule has 0 aromatic rings. The van der Waals surface area contributed by atoms with E-state index < -0.39 is 0 Å². The Balaban J connectivity index is 0.00000242. The molecule has 0 aromatic heterocycles. The summed E-state index contributed by atoms with van der Waals surface area (Å²) in [5.74, 6) is 0.843. The molecule has 1 unspecified atom stereocenters. The van der Waals surface area contributed by atoms with Crippen LogP contribution in [0.15, 0.2) is 0 Å². The molecule has 2 aliphatic rings. The highest BCUT2D eigenvalue weighted by Crippen LogP contribution is 2.39. The second-order valence-electron chi connectivity index (χ2n) is 7.42. The van der Waals surface area contributed by atoms with Crippen molar-refractivity contribution >= 4 is 18.3 Å². The number of amides is 1. The molecular formula is C17H33ClN2O2. The zero-order chi connectivity index (χ0) is 15.3. The van der Waals surface area contributed by atoms with Crippen LogP contribution in [0, 0.1) is 11.3 Å². The number of hydrogen-bond acceptors (Lipinski definition) is 3. The predicted octanol–water partition coefficient (Wildman–Crippen LogP) is 2.98. The Bertz CT molecular complexity index is 344. The highest BCUT2D eigenvalue weighted by atomic mass is 35.5. The van der Waals surface area contributed by atoms with E-state index in [1.165, 1.54) is 19.3 Å². The van der Waals surface area contributed by atoms with Crippen molar-refractivity contribution in [2.45, 2.75) is 64.9 Å². The summed E-state index contributed by atoms with van der Waals surface area (Å²) in [6.07, 6.45) is 7.85. The van der Waals surface area contributed by atoms with E-state index in [-0.39, 0.29) is 29.8 Å². The quantitative estimate of drug-likeness (QED) is 0.813. The lowest BCUT2D eigenvalue weighted by molar-refractivity contribution is -0.133. The number of hydrogen-bond donors (Lipinski definition) is 1. The molecule has 1 saturated carbocycles. The Morgan fingerprint density at radius 1 is 1.32 bits per heavy atom.